The van der Waals surface area contributed by atoms with Gasteiger partial charge in [0.15, 0.2) is 10.1 Å². The van der Waals surface area contributed by atoms with Gasteiger partial charge >= 0.3 is 0 Å². The molecule has 2 aromatic heterocycles. The monoisotopic (exact) mass is 476 g/mol. The predicted octanol–water partition coefficient (Wildman–Crippen LogP) is 6.90. The van der Waals surface area contributed by atoms with Crippen molar-refractivity contribution in [2.75, 3.05) is 11.1 Å². The Morgan fingerprint density at radius 2 is 1.76 bits per heavy atom. The van der Waals surface area contributed by atoms with Gasteiger partial charge in [0.25, 0.3) is 0 Å². The topological polar surface area (TPSA) is 59.8 Å². The molecule has 5 nitrogen and oxygen atoms in total. The lowest BCUT2D eigenvalue weighted by atomic mass is 10.1. The molecule has 0 aliphatic carbocycles. The summed E-state index contributed by atoms with van der Waals surface area (Å²) < 4.78 is 2.93. The summed E-state index contributed by atoms with van der Waals surface area (Å²) in [4.78, 5) is 13.0. The number of nitrogens with one attached hydrogen (secondary N) is 1. The van der Waals surface area contributed by atoms with Gasteiger partial charge in [0.1, 0.15) is 0 Å². The number of carbonyl (C=O) groups excluding carboxylic acids is 1. The number of Topliss-reactive ketones (excluding diaryl/α,β-unsaturated/α-hetero) is 1. The van der Waals surface area contributed by atoms with Gasteiger partial charge in [-0.3, -0.25) is 4.79 Å². The second-order valence-corrected chi connectivity index (χ2v) is 10.5. The molecule has 0 unspecified atom stereocenters. The number of anilines is 2. The first-order valence-electron chi connectivity index (χ1n) is 10.8. The maximum absolute atomic E-state index is 13.0. The minimum Gasteiger partial charge on any atom is -0.330 e. The van der Waals surface area contributed by atoms with Crippen molar-refractivity contribution >= 4 is 39.7 Å². The minimum absolute atomic E-state index is 0.0995. The molecule has 0 spiro atoms. The van der Waals surface area contributed by atoms with Crippen LogP contribution in [0.2, 0.25) is 0 Å². The fourth-order valence-electron chi connectivity index (χ4n) is 3.83. The number of nitrogens with zero attached hydrogens (tertiary/aromatic N) is 3. The van der Waals surface area contributed by atoms with Gasteiger partial charge in [0.05, 0.1) is 5.75 Å². The van der Waals surface area contributed by atoms with E-state index in [0.717, 1.165) is 37.8 Å². The van der Waals surface area contributed by atoms with E-state index in [2.05, 4.69) is 72.0 Å². The van der Waals surface area contributed by atoms with Crippen LogP contribution in [0.15, 0.2) is 46.8 Å². The van der Waals surface area contributed by atoms with Crippen LogP contribution in [0.5, 0.6) is 0 Å². The van der Waals surface area contributed by atoms with E-state index in [1.165, 1.54) is 45.4 Å². The first kappa shape index (κ1) is 23.3. The lowest BCUT2D eigenvalue weighted by molar-refractivity contribution is 0.102. The van der Waals surface area contributed by atoms with Crippen LogP contribution in [-0.2, 0) is 0 Å². The van der Waals surface area contributed by atoms with Gasteiger partial charge in [-0.15, -0.1) is 10.2 Å². The molecule has 0 saturated heterocycles. The summed E-state index contributed by atoms with van der Waals surface area (Å²) >= 11 is 2.90. The zero-order chi connectivity index (χ0) is 23.7. The number of benzene rings is 2. The Morgan fingerprint density at radius 3 is 2.52 bits per heavy atom. The Kier molecular flexibility index (Phi) is 6.72. The highest BCUT2D eigenvalue weighted by atomic mass is 32.2. The second kappa shape index (κ2) is 9.53. The number of hydrogen-bond donors (Lipinski definition) is 1. The van der Waals surface area contributed by atoms with Crippen LogP contribution >= 0.6 is 23.1 Å². The zero-order valence-electron chi connectivity index (χ0n) is 19.8. The average molecular weight is 477 g/mol. The smallest absolute Gasteiger partial charge is 0.210 e. The van der Waals surface area contributed by atoms with E-state index >= 15 is 0 Å². The Hall–Kier alpha value is -2.90. The number of aryl methyl sites for hydroxylation is 4. The fourth-order valence-corrected chi connectivity index (χ4v) is 5.48. The zero-order valence-corrected chi connectivity index (χ0v) is 21.4. The Balaban J connectivity index is 1.45. The molecule has 0 bridgehead atoms. The van der Waals surface area contributed by atoms with Gasteiger partial charge in [-0.1, -0.05) is 41.3 Å². The molecule has 33 heavy (non-hydrogen) atoms. The molecule has 0 aliphatic heterocycles. The number of rotatable bonds is 7. The normalized spacial score (nSPS) is 11.1. The summed E-state index contributed by atoms with van der Waals surface area (Å²) in [5, 5.41) is 12.6. The van der Waals surface area contributed by atoms with Crippen molar-refractivity contribution in [1.29, 1.82) is 0 Å². The lowest BCUT2D eigenvalue weighted by Gasteiger charge is -2.12. The molecule has 0 aliphatic rings. The molecular formula is C26H28N4OS2. The molecule has 4 rings (SSSR count). The Morgan fingerprint density at radius 1 is 0.970 bits per heavy atom. The van der Waals surface area contributed by atoms with E-state index in [-0.39, 0.29) is 5.78 Å². The lowest BCUT2D eigenvalue weighted by Crippen LogP contribution is -2.05. The van der Waals surface area contributed by atoms with Crippen molar-refractivity contribution in [2.24, 2.45) is 0 Å². The molecule has 0 radical (unpaired) electrons. The molecule has 0 amide bonds. The van der Waals surface area contributed by atoms with Gasteiger partial charge in [-0.25, -0.2) is 0 Å². The summed E-state index contributed by atoms with van der Waals surface area (Å²) in [6.45, 7) is 12.4. The predicted molar refractivity (Wildman–Crippen MR) is 139 cm³/mol. The van der Waals surface area contributed by atoms with E-state index < -0.39 is 0 Å². The second-order valence-electron chi connectivity index (χ2n) is 8.35. The number of carbonyl (C=O) groups is 1. The van der Waals surface area contributed by atoms with E-state index in [0.29, 0.717) is 5.75 Å². The standard InChI is InChI=1S/C26H28N4OS2/c1-15-10-11-21(12-17(15)3)30-18(4)13-22(20(30)6)24(31)14-32-26-29-28-25(33-26)27-23-9-7-8-16(2)19(23)5/h7-13H,14H2,1-6H3,(H,27,28). The SMILES string of the molecule is Cc1ccc(-n2c(C)cc(C(=O)CSc3nnc(Nc4cccc(C)c4C)s3)c2C)cc1C. The molecule has 170 valence electrons. The highest BCUT2D eigenvalue weighted by molar-refractivity contribution is 8.01. The van der Waals surface area contributed by atoms with Crippen LogP contribution in [0.1, 0.15) is 44.0 Å². The summed E-state index contributed by atoms with van der Waals surface area (Å²) in [5.74, 6) is 0.428. The van der Waals surface area contributed by atoms with Crippen molar-refractivity contribution in [2.45, 2.75) is 45.9 Å². The van der Waals surface area contributed by atoms with Crippen molar-refractivity contribution in [3.8, 4) is 5.69 Å². The van der Waals surface area contributed by atoms with Gasteiger partial charge in [-0.05, 0) is 88.1 Å². The molecule has 2 aromatic carbocycles. The van der Waals surface area contributed by atoms with Gasteiger partial charge in [0.2, 0.25) is 5.13 Å². The maximum atomic E-state index is 13.0. The van der Waals surface area contributed by atoms with Crippen molar-refractivity contribution in [1.82, 2.24) is 14.8 Å². The molecule has 0 fully saturated rings. The van der Waals surface area contributed by atoms with Crippen LogP contribution in [0.4, 0.5) is 10.8 Å². The molecule has 0 atom stereocenters. The molecule has 2 heterocycles. The molecule has 0 saturated carbocycles. The third kappa shape index (κ3) is 4.89. The van der Waals surface area contributed by atoms with Crippen LogP contribution < -0.4 is 5.32 Å². The van der Waals surface area contributed by atoms with Crippen LogP contribution in [-0.4, -0.2) is 26.3 Å². The van der Waals surface area contributed by atoms with Crippen LogP contribution in [0, 0.1) is 41.5 Å². The van der Waals surface area contributed by atoms with E-state index in [1.807, 2.05) is 32.0 Å². The van der Waals surface area contributed by atoms with Gasteiger partial charge in [-0.2, -0.15) is 0 Å². The highest BCUT2D eigenvalue weighted by Crippen LogP contribution is 2.31. The quantitative estimate of drug-likeness (QED) is 0.232. The minimum atomic E-state index is 0.0995. The van der Waals surface area contributed by atoms with Crippen molar-refractivity contribution < 1.29 is 4.79 Å². The molecule has 1 N–H and O–H groups in total. The number of ketones is 1. The molecule has 7 heteroatoms. The Labute approximate surface area is 203 Å². The first-order valence-corrected chi connectivity index (χ1v) is 12.6. The van der Waals surface area contributed by atoms with Gasteiger partial charge < -0.3 is 9.88 Å². The average Bonchev–Trinajstić information content (AvgIpc) is 3.35. The van der Waals surface area contributed by atoms with Crippen LogP contribution in [0.25, 0.3) is 5.69 Å². The number of aromatic nitrogens is 3. The largest absolute Gasteiger partial charge is 0.330 e. The maximum Gasteiger partial charge on any atom is 0.210 e. The first-order chi connectivity index (χ1) is 15.7. The molecule has 4 aromatic rings. The van der Waals surface area contributed by atoms with E-state index in [4.69, 9.17) is 0 Å². The third-order valence-electron chi connectivity index (χ3n) is 6.06. The van der Waals surface area contributed by atoms with Gasteiger partial charge in [0, 0.05) is 28.3 Å². The third-order valence-corrected chi connectivity index (χ3v) is 8.03. The van der Waals surface area contributed by atoms with Crippen molar-refractivity contribution in [3.05, 3.63) is 81.7 Å². The summed E-state index contributed by atoms with van der Waals surface area (Å²) in [6, 6.07) is 14.5. The number of thioether (sulfide) groups is 1. The number of hydrogen-bond acceptors (Lipinski definition) is 6. The Bertz CT molecular complexity index is 1340. The summed E-state index contributed by atoms with van der Waals surface area (Å²) in [6.07, 6.45) is 0. The van der Waals surface area contributed by atoms with E-state index in [1.54, 1.807) is 0 Å². The van der Waals surface area contributed by atoms with Crippen molar-refractivity contribution in [3.63, 3.8) is 0 Å². The summed E-state index contributed by atoms with van der Waals surface area (Å²) in [7, 11) is 0. The fraction of sp³-hybridized carbons (Fsp3) is 0.269. The summed E-state index contributed by atoms with van der Waals surface area (Å²) in [5.41, 5.74) is 9.82. The molecular weight excluding hydrogens is 448 g/mol. The highest BCUT2D eigenvalue weighted by Gasteiger charge is 2.18. The van der Waals surface area contributed by atoms with Crippen LogP contribution in [0.3, 0.4) is 0 Å². The van der Waals surface area contributed by atoms with E-state index in [9.17, 15) is 4.79 Å².